The molecule has 0 saturated carbocycles. The van der Waals surface area contributed by atoms with Crippen molar-refractivity contribution in [3.63, 3.8) is 0 Å². The number of fused-ring (bicyclic) bond motifs is 1. The lowest BCUT2D eigenvalue weighted by atomic mass is 9.88. The van der Waals surface area contributed by atoms with Gasteiger partial charge < -0.3 is 10.1 Å². The van der Waals surface area contributed by atoms with E-state index in [0.717, 1.165) is 18.5 Å². The molecule has 0 saturated heterocycles. The van der Waals surface area contributed by atoms with E-state index in [0.29, 0.717) is 10.1 Å². The van der Waals surface area contributed by atoms with Gasteiger partial charge in [0.2, 0.25) is 5.13 Å². The van der Waals surface area contributed by atoms with Crippen molar-refractivity contribution in [2.75, 3.05) is 11.9 Å². The predicted molar refractivity (Wildman–Crippen MR) is 123 cm³/mol. The Hall–Kier alpha value is -3.84. The maximum absolute atomic E-state index is 11.8. The van der Waals surface area contributed by atoms with Gasteiger partial charge in [0, 0.05) is 18.0 Å². The SMILES string of the molecule is O=C1OC(=O)c2cc(-c3nnc(NCCC(c4ccccc4)c4ccccc4)s3)ccc21. The zero-order valence-electron chi connectivity index (χ0n) is 17.0. The van der Waals surface area contributed by atoms with E-state index in [1.54, 1.807) is 18.2 Å². The number of ether oxygens (including phenoxy) is 1. The number of hydrogen-bond acceptors (Lipinski definition) is 7. The second-order valence-electron chi connectivity index (χ2n) is 7.44. The van der Waals surface area contributed by atoms with Gasteiger partial charge in [-0.15, -0.1) is 10.2 Å². The van der Waals surface area contributed by atoms with Crippen LogP contribution in [0.4, 0.5) is 5.13 Å². The van der Waals surface area contributed by atoms with E-state index in [4.69, 9.17) is 0 Å². The number of cyclic esters (lactones) is 2. The summed E-state index contributed by atoms with van der Waals surface area (Å²) in [5.41, 5.74) is 3.84. The van der Waals surface area contributed by atoms with Crippen LogP contribution in [0.25, 0.3) is 10.6 Å². The molecule has 3 aromatic carbocycles. The fourth-order valence-electron chi connectivity index (χ4n) is 3.85. The third-order valence-electron chi connectivity index (χ3n) is 5.43. The number of anilines is 1. The average Bonchev–Trinajstić information content (AvgIpc) is 3.42. The summed E-state index contributed by atoms with van der Waals surface area (Å²) in [5.74, 6) is -0.956. The first-order valence-corrected chi connectivity index (χ1v) is 11.1. The number of carbonyl (C=O) groups excluding carboxylic acids is 2. The first-order chi connectivity index (χ1) is 15.7. The van der Waals surface area contributed by atoms with Gasteiger partial charge >= 0.3 is 11.9 Å². The minimum absolute atomic E-state index is 0.269. The molecule has 0 radical (unpaired) electrons. The Morgan fingerprint density at radius 3 is 2.16 bits per heavy atom. The molecule has 1 aliphatic heterocycles. The summed E-state index contributed by atoms with van der Waals surface area (Å²) in [6.45, 7) is 0.730. The number of aromatic nitrogens is 2. The molecular weight excluding hydrogens is 422 g/mol. The molecule has 6 nitrogen and oxygen atoms in total. The zero-order chi connectivity index (χ0) is 21.9. The van der Waals surface area contributed by atoms with Crippen molar-refractivity contribution in [1.29, 1.82) is 0 Å². The molecule has 2 heterocycles. The second kappa shape index (κ2) is 8.72. The summed E-state index contributed by atoms with van der Waals surface area (Å²) in [6, 6.07) is 25.9. The van der Waals surface area contributed by atoms with E-state index < -0.39 is 11.9 Å². The fraction of sp³-hybridized carbons (Fsp3) is 0.120. The van der Waals surface area contributed by atoms with Crippen LogP contribution in [0.2, 0.25) is 0 Å². The van der Waals surface area contributed by atoms with Crippen LogP contribution in [0.15, 0.2) is 78.9 Å². The highest BCUT2D eigenvalue weighted by atomic mass is 32.1. The molecule has 0 fully saturated rings. The van der Waals surface area contributed by atoms with Crippen LogP contribution in [0.3, 0.4) is 0 Å². The average molecular weight is 442 g/mol. The van der Waals surface area contributed by atoms with Crippen molar-refractivity contribution < 1.29 is 14.3 Å². The van der Waals surface area contributed by atoms with Gasteiger partial charge in [0.05, 0.1) is 11.1 Å². The van der Waals surface area contributed by atoms with Crippen molar-refractivity contribution >= 4 is 28.4 Å². The third kappa shape index (κ3) is 4.02. The lowest BCUT2D eigenvalue weighted by Gasteiger charge is -2.18. The minimum Gasteiger partial charge on any atom is -0.386 e. The van der Waals surface area contributed by atoms with Crippen LogP contribution in [0, 0.1) is 0 Å². The molecule has 1 aliphatic rings. The molecule has 0 bridgehead atoms. The Labute approximate surface area is 188 Å². The molecule has 0 aliphatic carbocycles. The van der Waals surface area contributed by atoms with E-state index in [2.05, 4.69) is 68.8 Å². The summed E-state index contributed by atoms with van der Waals surface area (Å²) in [5, 5.41) is 13.2. The summed E-state index contributed by atoms with van der Waals surface area (Å²) in [4.78, 5) is 23.4. The van der Waals surface area contributed by atoms with Crippen LogP contribution < -0.4 is 5.32 Å². The standard InChI is InChI=1S/C25H19N3O3S/c29-23-20-12-11-18(15-21(20)24(30)31-23)22-27-28-25(32-22)26-14-13-19(16-7-3-1-4-8-16)17-9-5-2-6-10-17/h1-12,15,19H,13-14H2,(H,26,28). The van der Waals surface area contributed by atoms with E-state index >= 15 is 0 Å². The quantitative estimate of drug-likeness (QED) is 0.316. The Bertz CT molecular complexity index is 1230. The highest BCUT2D eigenvalue weighted by Crippen LogP contribution is 2.31. The third-order valence-corrected chi connectivity index (χ3v) is 6.36. The summed E-state index contributed by atoms with van der Waals surface area (Å²) in [6.07, 6.45) is 0.899. The first-order valence-electron chi connectivity index (χ1n) is 10.3. The second-order valence-corrected chi connectivity index (χ2v) is 8.42. The number of carbonyl (C=O) groups is 2. The number of rotatable bonds is 7. The van der Waals surface area contributed by atoms with Gasteiger partial charge in [-0.1, -0.05) is 78.1 Å². The monoisotopic (exact) mass is 441 g/mol. The van der Waals surface area contributed by atoms with E-state index in [-0.39, 0.29) is 17.0 Å². The minimum atomic E-state index is -0.623. The molecule has 158 valence electrons. The summed E-state index contributed by atoms with van der Waals surface area (Å²) in [7, 11) is 0. The van der Waals surface area contributed by atoms with Crippen LogP contribution >= 0.6 is 11.3 Å². The normalized spacial score (nSPS) is 12.7. The molecule has 32 heavy (non-hydrogen) atoms. The highest BCUT2D eigenvalue weighted by Gasteiger charge is 2.30. The van der Waals surface area contributed by atoms with Gasteiger partial charge in [-0.2, -0.15) is 0 Å². The van der Waals surface area contributed by atoms with Crippen molar-refractivity contribution in [2.24, 2.45) is 0 Å². The molecule has 1 N–H and O–H groups in total. The molecular formula is C25H19N3O3S. The molecule has 0 unspecified atom stereocenters. The van der Waals surface area contributed by atoms with Crippen molar-refractivity contribution in [3.05, 3.63) is 101 Å². The van der Waals surface area contributed by atoms with Gasteiger partial charge in [0.25, 0.3) is 0 Å². The van der Waals surface area contributed by atoms with E-state index in [1.165, 1.54) is 22.5 Å². The van der Waals surface area contributed by atoms with Gasteiger partial charge in [-0.25, -0.2) is 9.59 Å². The van der Waals surface area contributed by atoms with Crippen LogP contribution in [0.1, 0.15) is 44.2 Å². The molecule has 0 amide bonds. The number of nitrogens with zero attached hydrogens (tertiary/aromatic N) is 2. The van der Waals surface area contributed by atoms with E-state index in [9.17, 15) is 9.59 Å². The molecule has 7 heteroatoms. The molecule has 0 atom stereocenters. The first kappa shape index (κ1) is 20.1. The van der Waals surface area contributed by atoms with Crippen LogP contribution in [-0.4, -0.2) is 28.7 Å². The Morgan fingerprint density at radius 2 is 1.47 bits per heavy atom. The fourth-order valence-corrected chi connectivity index (χ4v) is 4.62. The highest BCUT2D eigenvalue weighted by molar-refractivity contribution is 7.18. The molecule has 4 aromatic rings. The van der Waals surface area contributed by atoms with Gasteiger partial charge in [0.1, 0.15) is 5.01 Å². The van der Waals surface area contributed by atoms with Crippen molar-refractivity contribution in [2.45, 2.75) is 12.3 Å². The maximum atomic E-state index is 11.8. The van der Waals surface area contributed by atoms with Crippen molar-refractivity contribution in [1.82, 2.24) is 10.2 Å². The predicted octanol–water partition coefficient (Wildman–Crippen LogP) is 5.15. The Morgan fingerprint density at radius 1 is 0.812 bits per heavy atom. The van der Waals surface area contributed by atoms with Crippen molar-refractivity contribution in [3.8, 4) is 10.6 Å². The molecule has 0 spiro atoms. The lowest BCUT2D eigenvalue weighted by molar-refractivity contribution is 0.0444. The largest absolute Gasteiger partial charge is 0.386 e. The topological polar surface area (TPSA) is 81.2 Å². The van der Waals surface area contributed by atoms with Gasteiger partial charge in [-0.3, -0.25) is 0 Å². The van der Waals surface area contributed by atoms with Crippen LogP contribution in [0.5, 0.6) is 0 Å². The zero-order valence-corrected chi connectivity index (χ0v) is 17.8. The van der Waals surface area contributed by atoms with Gasteiger partial charge in [-0.05, 0) is 29.7 Å². The smallest absolute Gasteiger partial charge is 0.346 e. The molecule has 1 aromatic heterocycles. The molecule has 5 rings (SSSR count). The van der Waals surface area contributed by atoms with E-state index in [1.807, 2.05) is 12.1 Å². The summed E-state index contributed by atoms with van der Waals surface area (Å²) >= 11 is 1.41. The number of hydrogen-bond donors (Lipinski definition) is 1. The lowest BCUT2D eigenvalue weighted by Crippen LogP contribution is -2.09. The summed E-state index contributed by atoms with van der Waals surface area (Å²) < 4.78 is 4.65. The number of esters is 2. The number of nitrogens with one attached hydrogen (secondary N) is 1. The number of benzene rings is 3. The maximum Gasteiger partial charge on any atom is 0.346 e. The Kier molecular flexibility index (Phi) is 5.47. The van der Waals surface area contributed by atoms with Crippen LogP contribution in [-0.2, 0) is 4.74 Å². The van der Waals surface area contributed by atoms with Gasteiger partial charge in [0.15, 0.2) is 0 Å². The Balaban J connectivity index is 1.29.